The van der Waals surface area contributed by atoms with E-state index in [4.69, 9.17) is 9.84 Å². The summed E-state index contributed by atoms with van der Waals surface area (Å²) in [6, 6.07) is 5.16. The second-order valence-corrected chi connectivity index (χ2v) is 3.82. The van der Waals surface area contributed by atoms with E-state index in [1.807, 2.05) is 0 Å². The lowest BCUT2D eigenvalue weighted by atomic mass is 10.0. The van der Waals surface area contributed by atoms with Gasteiger partial charge in [0, 0.05) is 5.56 Å². The van der Waals surface area contributed by atoms with Gasteiger partial charge in [0.15, 0.2) is 5.78 Å². The monoisotopic (exact) mass is 246 g/mol. The first-order valence-electron chi connectivity index (χ1n) is 5.84. The van der Waals surface area contributed by atoms with Crippen molar-refractivity contribution in [1.82, 2.24) is 0 Å². The van der Waals surface area contributed by atoms with E-state index in [9.17, 15) is 4.79 Å². The molecule has 0 heterocycles. The highest BCUT2D eigenvalue weighted by atomic mass is 16.5. The summed E-state index contributed by atoms with van der Waals surface area (Å²) in [5.41, 5.74) is 1.39. The molecule has 3 nitrogen and oxygen atoms in total. The molecule has 1 aromatic carbocycles. The van der Waals surface area contributed by atoms with E-state index in [2.05, 4.69) is 13.2 Å². The highest BCUT2D eigenvalue weighted by Crippen LogP contribution is 2.21. The van der Waals surface area contributed by atoms with Crippen molar-refractivity contribution in [3.63, 3.8) is 0 Å². The summed E-state index contributed by atoms with van der Waals surface area (Å²) in [7, 11) is 0. The number of carbonyl (C=O) groups is 1. The minimum atomic E-state index is -0.482. The molecule has 0 fully saturated rings. The first-order chi connectivity index (χ1) is 8.72. The number of allylic oxidation sites excluding steroid dienone is 1. The molecule has 0 radical (unpaired) electrons. The van der Waals surface area contributed by atoms with Crippen LogP contribution in [0, 0.1) is 0 Å². The Morgan fingerprint density at radius 1 is 1.33 bits per heavy atom. The molecule has 0 spiro atoms. The lowest BCUT2D eigenvalue weighted by molar-refractivity contribution is 0.0903. The lowest BCUT2D eigenvalue weighted by Crippen LogP contribution is -2.06. The number of hydrogen-bond acceptors (Lipinski definition) is 3. The molecule has 0 saturated carbocycles. The second kappa shape index (κ2) is 7.45. The van der Waals surface area contributed by atoms with Gasteiger partial charge in [-0.1, -0.05) is 12.2 Å². The van der Waals surface area contributed by atoms with Gasteiger partial charge in [-0.25, -0.2) is 0 Å². The summed E-state index contributed by atoms with van der Waals surface area (Å²) in [5, 5.41) is 8.84. The molecule has 0 saturated heterocycles. The van der Waals surface area contributed by atoms with E-state index in [0.29, 0.717) is 18.6 Å². The molecule has 1 aromatic rings. The maximum Gasteiger partial charge on any atom is 0.188 e. The Morgan fingerprint density at radius 3 is 2.72 bits per heavy atom. The van der Waals surface area contributed by atoms with Crippen LogP contribution in [-0.4, -0.2) is 24.1 Å². The van der Waals surface area contributed by atoms with E-state index in [1.54, 1.807) is 30.4 Å². The zero-order chi connectivity index (χ0) is 13.4. The van der Waals surface area contributed by atoms with Crippen molar-refractivity contribution in [1.29, 1.82) is 0 Å². The lowest BCUT2D eigenvalue weighted by Gasteiger charge is -2.11. The number of aliphatic hydroxyl groups excluding tert-OH is 1. The summed E-state index contributed by atoms with van der Waals surface area (Å²) in [4.78, 5) is 11.4. The summed E-state index contributed by atoms with van der Waals surface area (Å²) < 4.78 is 5.61. The molecule has 0 bridgehead atoms. The predicted molar refractivity (Wildman–Crippen MR) is 72.1 cm³/mol. The van der Waals surface area contributed by atoms with Crippen LogP contribution in [0.25, 0.3) is 0 Å². The van der Waals surface area contributed by atoms with Gasteiger partial charge in [0.05, 0.1) is 6.61 Å². The molecular weight excluding hydrogens is 228 g/mol. The van der Waals surface area contributed by atoms with Gasteiger partial charge in [-0.05, 0) is 36.6 Å². The molecule has 18 heavy (non-hydrogen) atoms. The van der Waals surface area contributed by atoms with Gasteiger partial charge in [-0.15, -0.1) is 13.2 Å². The maximum absolute atomic E-state index is 11.4. The molecule has 3 heteroatoms. The first kappa shape index (κ1) is 14.2. The van der Waals surface area contributed by atoms with Crippen LogP contribution >= 0.6 is 0 Å². The van der Waals surface area contributed by atoms with Crippen molar-refractivity contribution in [2.24, 2.45) is 0 Å². The SMILES string of the molecule is C=CCCOc1ccc(C(=O)CO)cc1CC=C. The third-order valence-corrected chi connectivity index (χ3v) is 2.47. The average molecular weight is 246 g/mol. The predicted octanol–water partition coefficient (Wildman–Crippen LogP) is 2.55. The minimum absolute atomic E-state index is 0.294. The zero-order valence-corrected chi connectivity index (χ0v) is 10.4. The van der Waals surface area contributed by atoms with Crippen LogP contribution < -0.4 is 4.74 Å². The topological polar surface area (TPSA) is 46.5 Å². The summed E-state index contributed by atoms with van der Waals surface area (Å²) in [6.07, 6.45) is 4.93. The number of benzene rings is 1. The largest absolute Gasteiger partial charge is 0.493 e. The summed E-state index contributed by atoms with van der Waals surface area (Å²) in [6.45, 7) is 7.39. The standard InChI is InChI=1S/C15H18O3/c1-3-5-9-18-15-8-7-12(14(17)11-16)10-13(15)6-4-2/h3-4,7-8,10,16H,1-2,5-6,9,11H2. The van der Waals surface area contributed by atoms with Crippen molar-refractivity contribution in [2.75, 3.05) is 13.2 Å². The fraction of sp³-hybridized carbons (Fsp3) is 0.267. The highest BCUT2D eigenvalue weighted by molar-refractivity contribution is 5.97. The number of hydrogen-bond donors (Lipinski definition) is 1. The fourth-order valence-corrected chi connectivity index (χ4v) is 1.55. The molecular formula is C15H18O3. The van der Waals surface area contributed by atoms with Crippen molar-refractivity contribution < 1.29 is 14.6 Å². The Balaban J connectivity index is 2.92. The van der Waals surface area contributed by atoms with Gasteiger partial charge in [0.1, 0.15) is 12.4 Å². The fourth-order valence-electron chi connectivity index (χ4n) is 1.55. The molecule has 0 aromatic heterocycles. The number of Topliss-reactive ketones (excluding diaryl/α,β-unsaturated/α-hetero) is 1. The average Bonchev–Trinajstić information content (AvgIpc) is 2.40. The normalized spacial score (nSPS) is 9.83. The molecule has 0 aliphatic rings. The Hall–Kier alpha value is -1.87. The van der Waals surface area contributed by atoms with Crippen molar-refractivity contribution in [3.05, 3.63) is 54.6 Å². The van der Waals surface area contributed by atoms with E-state index >= 15 is 0 Å². The van der Waals surface area contributed by atoms with Crippen LogP contribution in [0.15, 0.2) is 43.5 Å². The Kier molecular flexibility index (Phi) is 5.88. The van der Waals surface area contributed by atoms with E-state index in [-0.39, 0.29) is 5.78 Å². The Labute approximate surface area is 107 Å². The van der Waals surface area contributed by atoms with Crippen LogP contribution in [0.3, 0.4) is 0 Å². The number of carbonyl (C=O) groups excluding carboxylic acids is 1. The summed E-state index contributed by atoms with van der Waals surface area (Å²) >= 11 is 0. The number of aliphatic hydroxyl groups is 1. The smallest absolute Gasteiger partial charge is 0.188 e. The van der Waals surface area contributed by atoms with Gasteiger partial charge >= 0.3 is 0 Å². The molecule has 1 rings (SSSR count). The molecule has 1 N–H and O–H groups in total. The molecule has 96 valence electrons. The van der Waals surface area contributed by atoms with Gasteiger partial charge < -0.3 is 9.84 Å². The highest BCUT2D eigenvalue weighted by Gasteiger charge is 2.09. The van der Waals surface area contributed by atoms with Gasteiger partial charge in [-0.3, -0.25) is 4.79 Å². The van der Waals surface area contributed by atoms with Crippen molar-refractivity contribution >= 4 is 5.78 Å². The van der Waals surface area contributed by atoms with Crippen molar-refractivity contribution in [2.45, 2.75) is 12.8 Å². The van der Waals surface area contributed by atoms with E-state index in [0.717, 1.165) is 17.7 Å². The maximum atomic E-state index is 11.4. The third-order valence-electron chi connectivity index (χ3n) is 2.47. The third kappa shape index (κ3) is 3.86. The number of ketones is 1. The molecule has 0 amide bonds. The quantitative estimate of drug-likeness (QED) is 0.435. The summed E-state index contributed by atoms with van der Waals surface area (Å²) in [5.74, 6) is 0.448. The van der Waals surface area contributed by atoms with Crippen LogP contribution in [0.1, 0.15) is 22.3 Å². The number of rotatable bonds is 8. The number of ether oxygens (including phenoxy) is 1. The Bertz CT molecular complexity index is 435. The molecule has 0 aliphatic carbocycles. The first-order valence-corrected chi connectivity index (χ1v) is 5.84. The van der Waals surface area contributed by atoms with Gasteiger partial charge in [0.2, 0.25) is 0 Å². The Morgan fingerprint density at radius 2 is 2.11 bits per heavy atom. The van der Waals surface area contributed by atoms with Crippen molar-refractivity contribution in [3.8, 4) is 5.75 Å². The molecule has 0 unspecified atom stereocenters. The zero-order valence-electron chi connectivity index (χ0n) is 10.4. The van der Waals surface area contributed by atoms with Gasteiger partial charge in [0.25, 0.3) is 0 Å². The second-order valence-electron chi connectivity index (χ2n) is 3.82. The van der Waals surface area contributed by atoms with Crippen LogP contribution in [0.4, 0.5) is 0 Å². The van der Waals surface area contributed by atoms with Crippen LogP contribution in [0.5, 0.6) is 5.75 Å². The van der Waals surface area contributed by atoms with Crippen LogP contribution in [-0.2, 0) is 6.42 Å². The van der Waals surface area contributed by atoms with Gasteiger partial charge in [-0.2, -0.15) is 0 Å². The van der Waals surface area contributed by atoms with Crippen LogP contribution in [0.2, 0.25) is 0 Å². The van der Waals surface area contributed by atoms with E-state index < -0.39 is 6.61 Å². The molecule has 0 atom stereocenters. The van der Waals surface area contributed by atoms with E-state index in [1.165, 1.54) is 0 Å². The molecule has 0 aliphatic heterocycles. The minimum Gasteiger partial charge on any atom is -0.493 e.